The molecule has 1 aromatic heterocycles. The number of aromatic nitrogens is 1. The summed E-state index contributed by atoms with van der Waals surface area (Å²) in [6, 6.07) is 14.6. The first-order valence-corrected chi connectivity index (χ1v) is 5.28. The SMILES string of the molecule is Cl.Cl.O=C(O)c1c2ccccc2nc2ccccc12. The molecule has 3 nitrogen and oxygen atoms in total. The van der Waals surface area contributed by atoms with Gasteiger partial charge in [-0.15, -0.1) is 24.8 Å². The third-order valence-corrected chi connectivity index (χ3v) is 2.80. The zero-order valence-electron chi connectivity index (χ0n) is 9.74. The van der Waals surface area contributed by atoms with Crippen LogP contribution >= 0.6 is 24.8 Å². The molecule has 3 rings (SSSR count). The van der Waals surface area contributed by atoms with Gasteiger partial charge in [0.25, 0.3) is 0 Å². The zero-order valence-corrected chi connectivity index (χ0v) is 11.4. The molecule has 0 saturated carbocycles. The molecule has 0 bridgehead atoms. The van der Waals surface area contributed by atoms with Crippen LogP contribution in [0.3, 0.4) is 0 Å². The van der Waals surface area contributed by atoms with Gasteiger partial charge in [-0.2, -0.15) is 0 Å². The van der Waals surface area contributed by atoms with Crippen molar-refractivity contribution >= 4 is 52.6 Å². The fourth-order valence-corrected chi connectivity index (χ4v) is 2.07. The number of carboxylic acids is 1. The van der Waals surface area contributed by atoms with Crippen LogP contribution in [0.5, 0.6) is 0 Å². The molecule has 5 heteroatoms. The van der Waals surface area contributed by atoms with Crippen LogP contribution in [0.1, 0.15) is 10.4 Å². The minimum absolute atomic E-state index is 0. The summed E-state index contributed by atoms with van der Waals surface area (Å²) in [5, 5.41) is 10.7. The zero-order chi connectivity index (χ0) is 11.8. The van der Waals surface area contributed by atoms with Crippen molar-refractivity contribution in [3.8, 4) is 0 Å². The largest absolute Gasteiger partial charge is 0.478 e. The van der Waals surface area contributed by atoms with E-state index in [0.717, 1.165) is 0 Å². The van der Waals surface area contributed by atoms with E-state index < -0.39 is 5.97 Å². The highest BCUT2D eigenvalue weighted by atomic mass is 35.5. The van der Waals surface area contributed by atoms with E-state index >= 15 is 0 Å². The van der Waals surface area contributed by atoms with Crippen LogP contribution in [0.25, 0.3) is 21.8 Å². The van der Waals surface area contributed by atoms with E-state index in [9.17, 15) is 9.90 Å². The summed E-state index contributed by atoms with van der Waals surface area (Å²) in [5.41, 5.74) is 1.75. The summed E-state index contributed by atoms with van der Waals surface area (Å²) in [7, 11) is 0. The summed E-state index contributed by atoms with van der Waals surface area (Å²) in [6.07, 6.45) is 0. The number of halogens is 2. The minimum Gasteiger partial charge on any atom is -0.478 e. The Morgan fingerprint density at radius 3 is 1.68 bits per heavy atom. The van der Waals surface area contributed by atoms with Crippen LogP contribution < -0.4 is 0 Å². The Bertz CT molecular complexity index is 690. The van der Waals surface area contributed by atoms with Gasteiger partial charge < -0.3 is 5.11 Å². The average Bonchev–Trinajstić information content (AvgIpc) is 2.35. The summed E-state index contributed by atoms with van der Waals surface area (Å²) < 4.78 is 0. The van der Waals surface area contributed by atoms with Crippen molar-refractivity contribution in [2.75, 3.05) is 0 Å². The Balaban J connectivity index is 0.000000902. The van der Waals surface area contributed by atoms with Gasteiger partial charge in [-0.3, -0.25) is 0 Å². The Morgan fingerprint density at radius 2 is 1.26 bits per heavy atom. The van der Waals surface area contributed by atoms with Crippen LogP contribution in [0, 0.1) is 0 Å². The standard InChI is InChI=1S/C14H9NO2.2ClH/c16-14(17)13-9-5-1-3-7-11(9)15-12-8-4-2-6-10(12)13;;/h1-8H,(H,16,17);2*1H. The lowest BCUT2D eigenvalue weighted by Gasteiger charge is -2.06. The van der Waals surface area contributed by atoms with Gasteiger partial charge >= 0.3 is 5.97 Å². The van der Waals surface area contributed by atoms with Crippen molar-refractivity contribution in [1.29, 1.82) is 0 Å². The quantitative estimate of drug-likeness (QED) is 0.692. The molecule has 3 aromatic rings. The second-order valence-corrected chi connectivity index (χ2v) is 3.83. The molecule has 19 heavy (non-hydrogen) atoms. The van der Waals surface area contributed by atoms with Crippen LogP contribution in [0.4, 0.5) is 0 Å². The van der Waals surface area contributed by atoms with Gasteiger partial charge in [0.05, 0.1) is 16.6 Å². The molecule has 98 valence electrons. The fourth-order valence-electron chi connectivity index (χ4n) is 2.07. The van der Waals surface area contributed by atoms with Gasteiger partial charge in [0, 0.05) is 10.8 Å². The first kappa shape index (κ1) is 15.2. The van der Waals surface area contributed by atoms with Crippen LogP contribution in [0.15, 0.2) is 48.5 Å². The van der Waals surface area contributed by atoms with E-state index in [2.05, 4.69) is 4.98 Å². The minimum atomic E-state index is -0.917. The predicted octanol–water partition coefficient (Wildman–Crippen LogP) is 3.93. The van der Waals surface area contributed by atoms with Crippen LogP contribution in [0.2, 0.25) is 0 Å². The molecule has 2 aromatic carbocycles. The molecule has 0 fully saturated rings. The van der Waals surface area contributed by atoms with Crippen molar-refractivity contribution in [1.82, 2.24) is 4.98 Å². The number of carboxylic acid groups (broad SMARTS) is 1. The van der Waals surface area contributed by atoms with Crippen molar-refractivity contribution in [2.24, 2.45) is 0 Å². The predicted molar refractivity (Wildman–Crippen MR) is 80.7 cm³/mol. The molecule has 0 saturated heterocycles. The molecule has 0 amide bonds. The molecular formula is C14H11Cl2NO2. The number of aromatic carboxylic acids is 1. The lowest BCUT2D eigenvalue weighted by Crippen LogP contribution is -2.00. The molecule has 0 spiro atoms. The molecule has 0 aliphatic carbocycles. The molecule has 0 atom stereocenters. The van der Waals surface area contributed by atoms with Crippen molar-refractivity contribution in [2.45, 2.75) is 0 Å². The number of rotatable bonds is 1. The first-order valence-electron chi connectivity index (χ1n) is 5.28. The Kier molecular flexibility index (Phi) is 4.70. The summed E-state index contributed by atoms with van der Waals surface area (Å²) >= 11 is 0. The number of hydrogen-bond donors (Lipinski definition) is 1. The van der Waals surface area contributed by atoms with Gasteiger partial charge in [-0.05, 0) is 12.1 Å². The van der Waals surface area contributed by atoms with E-state index in [0.29, 0.717) is 27.4 Å². The van der Waals surface area contributed by atoms with E-state index in [1.807, 2.05) is 36.4 Å². The van der Waals surface area contributed by atoms with Crippen LogP contribution in [-0.2, 0) is 0 Å². The highest BCUT2D eigenvalue weighted by molar-refractivity contribution is 6.13. The molecule has 0 aliphatic rings. The number of fused-ring (bicyclic) bond motifs is 2. The Hall–Kier alpha value is -1.84. The molecule has 0 radical (unpaired) electrons. The maximum absolute atomic E-state index is 11.4. The third-order valence-electron chi connectivity index (χ3n) is 2.80. The lowest BCUT2D eigenvalue weighted by molar-refractivity contribution is 0.0701. The maximum Gasteiger partial charge on any atom is 0.337 e. The Morgan fingerprint density at radius 1 is 0.842 bits per heavy atom. The number of benzene rings is 2. The lowest BCUT2D eigenvalue weighted by atomic mass is 10.0. The number of hydrogen-bond acceptors (Lipinski definition) is 2. The Labute approximate surface area is 122 Å². The van der Waals surface area contributed by atoms with Crippen molar-refractivity contribution in [3.05, 3.63) is 54.1 Å². The molecule has 0 unspecified atom stereocenters. The number of carbonyl (C=O) groups is 1. The van der Waals surface area contributed by atoms with Gasteiger partial charge in [-0.1, -0.05) is 36.4 Å². The van der Waals surface area contributed by atoms with Crippen molar-refractivity contribution < 1.29 is 9.90 Å². The van der Waals surface area contributed by atoms with E-state index in [1.165, 1.54) is 0 Å². The van der Waals surface area contributed by atoms with Gasteiger partial charge in [-0.25, -0.2) is 9.78 Å². The summed E-state index contributed by atoms with van der Waals surface area (Å²) in [5.74, 6) is -0.917. The number of nitrogens with zero attached hydrogens (tertiary/aromatic N) is 1. The second kappa shape index (κ2) is 5.87. The number of para-hydroxylation sites is 2. The van der Waals surface area contributed by atoms with E-state index in [1.54, 1.807) is 12.1 Å². The molecule has 1 heterocycles. The third kappa shape index (κ3) is 2.48. The topological polar surface area (TPSA) is 50.2 Å². The maximum atomic E-state index is 11.4. The van der Waals surface area contributed by atoms with Crippen molar-refractivity contribution in [3.63, 3.8) is 0 Å². The molecular weight excluding hydrogens is 285 g/mol. The number of pyridine rings is 1. The van der Waals surface area contributed by atoms with Crippen LogP contribution in [-0.4, -0.2) is 16.1 Å². The highest BCUT2D eigenvalue weighted by Crippen LogP contribution is 2.25. The smallest absolute Gasteiger partial charge is 0.337 e. The molecule has 0 aliphatic heterocycles. The highest BCUT2D eigenvalue weighted by Gasteiger charge is 2.13. The normalized spacial score (nSPS) is 9.68. The second-order valence-electron chi connectivity index (χ2n) is 3.83. The fraction of sp³-hybridized carbons (Fsp3) is 0. The van der Waals surface area contributed by atoms with Gasteiger partial charge in [0.1, 0.15) is 0 Å². The monoisotopic (exact) mass is 295 g/mol. The van der Waals surface area contributed by atoms with Gasteiger partial charge in [0.2, 0.25) is 0 Å². The summed E-state index contributed by atoms with van der Waals surface area (Å²) in [4.78, 5) is 15.9. The van der Waals surface area contributed by atoms with E-state index in [4.69, 9.17) is 0 Å². The average molecular weight is 296 g/mol. The summed E-state index contributed by atoms with van der Waals surface area (Å²) in [6.45, 7) is 0. The molecule has 1 N–H and O–H groups in total. The first-order chi connectivity index (χ1) is 8.27. The van der Waals surface area contributed by atoms with Gasteiger partial charge in [0.15, 0.2) is 0 Å². The van der Waals surface area contributed by atoms with E-state index in [-0.39, 0.29) is 24.8 Å².